The number of aliphatic hydroxyl groups is 1. The summed E-state index contributed by atoms with van der Waals surface area (Å²) in [4.78, 5) is 14.1. The molecule has 3 fully saturated rings. The fourth-order valence-electron chi connectivity index (χ4n) is 7.03. The van der Waals surface area contributed by atoms with Gasteiger partial charge in [-0.2, -0.15) is 0 Å². The molecule has 1 amide bonds. The Bertz CT molecular complexity index is 661. The van der Waals surface area contributed by atoms with E-state index < -0.39 is 0 Å². The highest BCUT2D eigenvalue weighted by molar-refractivity contribution is 5.89. The summed E-state index contributed by atoms with van der Waals surface area (Å²) in [5, 5.41) is 11.1. The van der Waals surface area contributed by atoms with Crippen molar-refractivity contribution in [3.8, 4) is 0 Å². The lowest BCUT2D eigenvalue weighted by Crippen LogP contribution is -2.59. The number of nitrogens with zero attached hydrogens (tertiary/aromatic N) is 1. The van der Waals surface area contributed by atoms with Crippen LogP contribution < -0.4 is 0 Å². The van der Waals surface area contributed by atoms with Gasteiger partial charge in [-0.1, -0.05) is 25.5 Å². The molecule has 1 heterocycles. The molecule has 0 spiro atoms. The van der Waals surface area contributed by atoms with Crippen LogP contribution in [0.3, 0.4) is 0 Å². The zero-order valence-electron chi connectivity index (χ0n) is 16.4. The van der Waals surface area contributed by atoms with Crippen LogP contribution in [0.5, 0.6) is 0 Å². The monoisotopic (exact) mass is 343 g/mol. The van der Waals surface area contributed by atoms with Crippen molar-refractivity contribution >= 4 is 5.91 Å². The molecule has 0 aromatic carbocycles. The number of rotatable bonds is 0. The van der Waals surface area contributed by atoms with Crippen LogP contribution in [0.25, 0.3) is 0 Å². The first-order valence-corrected chi connectivity index (χ1v) is 10.0. The molecule has 0 unspecified atom stereocenters. The van der Waals surface area contributed by atoms with E-state index in [0.717, 1.165) is 19.3 Å². The average Bonchev–Trinajstić information content (AvgIpc) is 2.83. The van der Waals surface area contributed by atoms with E-state index in [2.05, 4.69) is 33.8 Å². The molecule has 1 aliphatic heterocycles. The lowest BCUT2D eigenvalue weighted by Gasteiger charge is -2.59. The van der Waals surface area contributed by atoms with E-state index in [1.807, 2.05) is 11.9 Å². The van der Waals surface area contributed by atoms with Crippen molar-refractivity contribution in [2.24, 2.45) is 28.6 Å². The second-order valence-corrected chi connectivity index (χ2v) is 9.79. The van der Waals surface area contributed by atoms with Gasteiger partial charge in [-0.3, -0.25) is 4.79 Å². The Labute approximate surface area is 152 Å². The molecule has 4 rings (SSSR count). The van der Waals surface area contributed by atoms with Crippen LogP contribution in [0.4, 0.5) is 0 Å². The Morgan fingerprint density at radius 3 is 2.60 bits per heavy atom. The fraction of sp³-hybridized carbons (Fsp3) is 0.773. The number of aliphatic hydroxyl groups excluding tert-OH is 1. The zero-order valence-corrected chi connectivity index (χ0v) is 16.4. The number of hydrogen-bond acceptors (Lipinski definition) is 2. The third-order valence-corrected chi connectivity index (χ3v) is 8.60. The molecule has 138 valence electrons. The smallest absolute Gasteiger partial charge is 0.246 e. The Morgan fingerprint density at radius 1 is 1.20 bits per heavy atom. The predicted molar refractivity (Wildman–Crippen MR) is 99.8 cm³/mol. The van der Waals surface area contributed by atoms with Gasteiger partial charge < -0.3 is 10.0 Å². The number of carbonyl (C=O) groups is 1. The van der Waals surface area contributed by atoms with E-state index in [9.17, 15) is 9.90 Å². The molecule has 3 nitrogen and oxygen atoms in total. The number of hydrogen-bond donors (Lipinski definition) is 1. The summed E-state index contributed by atoms with van der Waals surface area (Å²) in [5.41, 5.74) is 2.73. The standard InChI is InChI=1S/C22H33NO2/c1-13(2)15-12-17-14-6-7-18-21(3,11-9-19(24)23(18)5)16(14)8-10-22(17,4)20(15)25/h9,11,14,16-18,20,25H,6-8,10,12H2,1-5H3/t14-,16+,17+,18-,20+,21-,22+/m1/s1. The van der Waals surface area contributed by atoms with Gasteiger partial charge in [-0.15, -0.1) is 0 Å². The van der Waals surface area contributed by atoms with Crippen molar-refractivity contribution < 1.29 is 9.90 Å². The molecule has 3 aliphatic carbocycles. The fourth-order valence-corrected chi connectivity index (χ4v) is 7.03. The van der Waals surface area contributed by atoms with E-state index >= 15 is 0 Å². The maximum absolute atomic E-state index is 12.1. The first kappa shape index (κ1) is 17.3. The van der Waals surface area contributed by atoms with Crippen molar-refractivity contribution in [2.75, 3.05) is 7.05 Å². The zero-order chi connectivity index (χ0) is 18.1. The lowest BCUT2D eigenvalue weighted by molar-refractivity contribution is -0.140. The molecule has 25 heavy (non-hydrogen) atoms. The van der Waals surface area contributed by atoms with E-state index in [0.29, 0.717) is 23.8 Å². The third-order valence-electron chi connectivity index (χ3n) is 8.60. The third kappa shape index (κ3) is 2.17. The van der Waals surface area contributed by atoms with Crippen LogP contribution in [0.1, 0.15) is 59.8 Å². The quantitative estimate of drug-likeness (QED) is 0.677. The first-order chi connectivity index (χ1) is 11.7. The summed E-state index contributed by atoms with van der Waals surface area (Å²) >= 11 is 0. The van der Waals surface area contributed by atoms with Gasteiger partial charge in [0.2, 0.25) is 5.91 Å². The van der Waals surface area contributed by atoms with Crippen molar-refractivity contribution in [3.05, 3.63) is 23.3 Å². The summed E-state index contributed by atoms with van der Waals surface area (Å²) in [6, 6.07) is 0.338. The Hall–Kier alpha value is -1.09. The van der Waals surface area contributed by atoms with Crippen LogP contribution >= 0.6 is 0 Å². The molecule has 0 radical (unpaired) electrons. The molecule has 0 aromatic rings. The van der Waals surface area contributed by atoms with Gasteiger partial charge in [-0.25, -0.2) is 0 Å². The first-order valence-electron chi connectivity index (χ1n) is 10.0. The number of allylic oxidation sites excluding steroid dienone is 1. The van der Waals surface area contributed by atoms with Gasteiger partial charge in [0.25, 0.3) is 0 Å². The van der Waals surface area contributed by atoms with Crippen molar-refractivity contribution in [1.82, 2.24) is 4.90 Å². The van der Waals surface area contributed by atoms with Crippen LogP contribution in [0.15, 0.2) is 23.3 Å². The highest BCUT2D eigenvalue weighted by Crippen LogP contribution is 2.65. The number of likely N-dealkylation sites (N-methyl/N-ethyl adjacent to an activating group) is 1. The maximum Gasteiger partial charge on any atom is 0.246 e. The number of carbonyl (C=O) groups excluding carboxylic acids is 1. The highest BCUT2D eigenvalue weighted by Gasteiger charge is 2.61. The van der Waals surface area contributed by atoms with E-state index in [-0.39, 0.29) is 22.8 Å². The predicted octanol–water partition coefficient (Wildman–Crippen LogP) is 3.93. The summed E-state index contributed by atoms with van der Waals surface area (Å²) < 4.78 is 0. The van der Waals surface area contributed by atoms with Crippen LogP contribution in [-0.2, 0) is 4.79 Å². The minimum absolute atomic E-state index is 0.0388. The molecule has 3 heteroatoms. The van der Waals surface area contributed by atoms with Gasteiger partial charge in [0.1, 0.15) is 0 Å². The minimum atomic E-state index is -0.264. The maximum atomic E-state index is 12.1. The topological polar surface area (TPSA) is 40.5 Å². The second-order valence-electron chi connectivity index (χ2n) is 9.79. The molecule has 4 aliphatic rings. The largest absolute Gasteiger partial charge is 0.388 e. The Kier molecular flexibility index (Phi) is 3.78. The molecule has 7 atom stereocenters. The molecular weight excluding hydrogens is 310 g/mol. The van der Waals surface area contributed by atoms with Gasteiger partial charge in [0, 0.05) is 23.9 Å². The summed E-state index contributed by atoms with van der Waals surface area (Å²) in [7, 11) is 1.97. The molecule has 0 saturated heterocycles. The van der Waals surface area contributed by atoms with Crippen molar-refractivity contribution in [2.45, 2.75) is 71.9 Å². The summed E-state index contributed by atoms with van der Waals surface area (Å²) in [6.07, 6.45) is 9.40. The van der Waals surface area contributed by atoms with Gasteiger partial charge in [0.15, 0.2) is 0 Å². The number of fused-ring (bicyclic) bond motifs is 5. The number of amides is 1. The Balaban J connectivity index is 1.71. The summed E-state index contributed by atoms with van der Waals surface area (Å²) in [5.74, 6) is 2.03. The minimum Gasteiger partial charge on any atom is -0.388 e. The second kappa shape index (κ2) is 5.45. The SMILES string of the molecule is CC(C)=C1C[C@H]2[C@@H]3CC[C@H]4N(C)C(=O)C=C[C@]4(C)[C@H]3CC[C@]2(C)[C@H]1O. The van der Waals surface area contributed by atoms with Gasteiger partial charge >= 0.3 is 0 Å². The van der Waals surface area contributed by atoms with Crippen molar-refractivity contribution in [3.63, 3.8) is 0 Å². The van der Waals surface area contributed by atoms with Crippen LogP contribution in [0, 0.1) is 28.6 Å². The van der Waals surface area contributed by atoms with Gasteiger partial charge in [-0.05, 0) is 75.4 Å². The van der Waals surface area contributed by atoms with Crippen molar-refractivity contribution in [1.29, 1.82) is 0 Å². The lowest BCUT2D eigenvalue weighted by atomic mass is 9.48. The average molecular weight is 344 g/mol. The van der Waals surface area contributed by atoms with Crippen LogP contribution in [0.2, 0.25) is 0 Å². The molecule has 1 N–H and O–H groups in total. The molecule has 3 saturated carbocycles. The van der Waals surface area contributed by atoms with E-state index in [4.69, 9.17) is 0 Å². The summed E-state index contributed by atoms with van der Waals surface area (Å²) in [6.45, 7) is 9.01. The van der Waals surface area contributed by atoms with E-state index in [1.165, 1.54) is 24.0 Å². The molecule has 0 aromatic heterocycles. The normalized spacial score (nSPS) is 48.9. The Morgan fingerprint density at radius 2 is 1.92 bits per heavy atom. The highest BCUT2D eigenvalue weighted by atomic mass is 16.3. The van der Waals surface area contributed by atoms with Crippen LogP contribution in [-0.4, -0.2) is 35.1 Å². The molecule has 0 bridgehead atoms. The van der Waals surface area contributed by atoms with E-state index in [1.54, 1.807) is 6.08 Å². The molecular formula is C22H33NO2. The van der Waals surface area contributed by atoms with Gasteiger partial charge in [0.05, 0.1) is 6.10 Å².